The zero-order chi connectivity index (χ0) is 11.5. The largest absolute Gasteiger partial charge is 0.387 e. The molecule has 3 rings (SSSR count). The maximum Gasteiger partial charge on any atom is 0.159 e. The van der Waals surface area contributed by atoms with Crippen LogP contribution < -0.4 is 0 Å². The van der Waals surface area contributed by atoms with E-state index in [9.17, 15) is 0 Å². The topological polar surface area (TPSA) is 47.4 Å². The summed E-state index contributed by atoms with van der Waals surface area (Å²) in [7, 11) is 0. The van der Waals surface area contributed by atoms with Gasteiger partial charge in [-0.1, -0.05) is 11.2 Å². The molecule has 1 aliphatic heterocycles. The molecule has 0 fully saturated rings. The summed E-state index contributed by atoms with van der Waals surface area (Å²) in [5.74, 6) is 0. The Morgan fingerprint density at radius 3 is 2.71 bits per heavy atom. The van der Waals surface area contributed by atoms with E-state index in [1.165, 1.54) is 0 Å². The Morgan fingerprint density at radius 2 is 1.94 bits per heavy atom. The highest BCUT2D eigenvalue weighted by Crippen LogP contribution is 2.28. The summed E-state index contributed by atoms with van der Waals surface area (Å²) in [4.78, 5) is 13.5. The minimum Gasteiger partial charge on any atom is -0.387 e. The number of hydrogen-bond acceptors (Lipinski definition) is 4. The molecule has 0 saturated carbocycles. The van der Waals surface area contributed by atoms with Crippen LogP contribution in [0.15, 0.2) is 54.2 Å². The first kappa shape index (κ1) is 9.96. The van der Waals surface area contributed by atoms with Crippen molar-refractivity contribution in [3.8, 4) is 0 Å². The van der Waals surface area contributed by atoms with Crippen LogP contribution in [0.25, 0.3) is 0 Å². The second-order valence-electron chi connectivity index (χ2n) is 3.86. The predicted molar refractivity (Wildman–Crippen MR) is 63.5 cm³/mol. The van der Waals surface area contributed by atoms with Crippen LogP contribution in [0.4, 0.5) is 0 Å². The van der Waals surface area contributed by atoms with Crippen molar-refractivity contribution < 1.29 is 4.84 Å². The number of nitrogens with zero attached hydrogens (tertiary/aromatic N) is 3. The van der Waals surface area contributed by atoms with E-state index >= 15 is 0 Å². The molecule has 84 valence electrons. The lowest BCUT2D eigenvalue weighted by atomic mass is 10.0. The SMILES string of the molecule is c1cncc(C2CC(c3ccncc3)=NO2)c1. The van der Waals surface area contributed by atoms with Gasteiger partial charge in [-0.2, -0.15) is 0 Å². The van der Waals surface area contributed by atoms with Crippen molar-refractivity contribution in [3.05, 3.63) is 60.2 Å². The number of pyridine rings is 2. The van der Waals surface area contributed by atoms with E-state index < -0.39 is 0 Å². The lowest BCUT2D eigenvalue weighted by Crippen LogP contribution is -2.01. The van der Waals surface area contributed by atoms with E-state index in [2.05, 4.69) is 15.1 Å². The molecule has 0 N–H and O–H groups in total. The third kappa shape index (κ3) is 2.01. The summed E-state index contributed by atoms with van der Waals surface area (Å²) >= 11 is 0. The fourth-order valence-electron chi connectivity index (χ4n) is 1.84. The smallest absolute Gasteiger partial charge is 0.159 e. The van der Waals surface area contributed by atoms with Crippen molar-refractivity contribution in [2.75, 3.05) is 0 Å². The van der Waals surface area contributed by atoms with Gasteiger partial charge >= 0.3 is 0 Å². The predicted octanol–water partition coefficient (Wildman–Crippen LogP) is 2.34. The van der Waals surface area contributed by atoms with Gasteiger partial charge in [-0.25, -0.2) is 0 Å². The highest BCUT2D eigenvalue weighted by atomic mass is 16.6. The molecule has 0 radical (unpaired) electrons. The normalized spacial score (nSPS) is 18.6. The zero-order valence-electron chi connectivity index (χ0n) is 9.15. The highest BCUT2D eigenvalue weighted by Gasteiger charge is 2.23. The first-order valence-corrected chi connectivity index (χ1v) is 5.46. The molecule has 3 heterocycles. The average molecular weight is 225 g/mol. The van der Waals surface area contributed by atoms with Crippen molar-refractivity contribution in [2.24, 2.45) is 5.16 Å². The lowest BCUT2D eigenvalue weighted by molar-refractivity contribution is 0.0855. The van der Waals surface area contributed by atoms with Crippen LogP contribution in [0, 0.1) is 0 Å². The van der Waals surface area contributed by atoms with Crippen molar-refractivity contribution in [1.29, 1.82) is 0 Å². The molecule has 0 bridgehead atoms. The van der Waals surface area contributed by atoms with Gasteiger partial charge in [0.25, 0.3) is 0 Å². The molecule has 1 aliphatic rings. The summed E-state index contributed by atoms with van der Waals surface area (Å²) in [6.07, 6.45) is 7.84. The molecule has 0 spiro atoms. The van der Waals surface area contributed by atoms with Crippen molar-refractivity contribution in [2.45, 2.75) is 12.5 Å². The highest BCUT2D eigenvalue weighted by molar-refractivity contribution is 6.01. The van der Waals surface area contributed by atoms with Crippen molar-refractivity contribution in [3.63, 3.8) is 0 Å². The second-order valence-corrected chi connectivity index (χ2v) is 3.86. The van der Waals surface area contributed by atoms with Crippen LogP contribution in [-0.4, -0.2) is 15.7 Å². The summed E-state index contributed by atoms with van der Waals surface area (Å²) in [5, 5.41) is 4.12. The molecule has 2 aromatic heterocycles. The molecule has 1 unspecified atom stereocenters. The molecule has 17 heavy (non-hydrogen) atoms. The number of hydrogen-bond donors (Lipinski definition) is 0. The van der Waals surface area contributed by atoms with Crippen LogP contribution in [0.2, 0.25) is 0 Å². The molecule has 0 saturated heterocycles. The van der Waals surface area contributed by atoms with E-state index in [1.807, 2.05) is 30.5 Å². The summed E-state index contributed by atoms with van der Waals surface area (Å²) < 4.78 is 0. The van der Waals surface area contributed by atoms with E-state index in [-0.39, 0.29) is 6.10 Å². The van der Waals surface area contributed by atoms with Crippen LogP contribution in [0.1, 0.15) is 23.7 Å². The van der Waals surface area contributed by atoms with E-state index in [0.717, 1.165) is 23.3 Å². The Morgan fingerprint density at radius 1 is 1.06 bits per heavy atom. The lowest BCUT2D eigenvalue weighted by Gasteiger charge is -2.06. The Hall–Kier alpha value is -2.23. The van der Waals surface area contributed by atoms with Gasteiger partial charge in [0.1, 0.15) is 0 Å². The number of aromatic nitrogens is 2. The first-order valence-electron chi connectivity index (χ1n) is 5.46. The Labute approximate surface area is 99.0 Å². The van der Waals surface area contributed by atoms with E-state index in [0.29, 0.717) is 0 Å². The third-order valence-electron chi connectivity index (χ3n) is 2.74. The molecule has 0 aliphatic carbocycles. The van der Waals surface area contributed by atoms with Gasteiger partial charge in [0.05, 0.1) is 5.71 Å². The Balaban J connectivity index is 1.78. The van der Waals surface area contributed by atoms with Crippen LogP contribution in [0.5, 0.6) is 0 Å². The number of rotatable bonds is 2. The third-order valence-corrected chi connectivity index (χ3v) is 2.74. The molecule has 4 heteroatoms. The van der Waals surface area contributed by atoms with Gasteiger partial charge in [-0.15, -0.1) is 0 Å². The molecule has 4 nitrogen and oxygen atoms in total. The Bertz CT molecular complexity index is 525. The monoisotopic (exact) mass is 225 g/mol. The van der Waals surface area contributed by atoms with Crippen LogP contribution in [0.3, 0.4) is 0 Å². The first-order chi connectivity index (χ1) is 8.43. The maximum absolute atomic E-state index is 5.43. The Kier molecular flexibility index (Phi) is 2.54. The zero-order valence-corrected chi connectivity index (χ0v) is 9.15. The van der Waals surface area contributed by atoms with Crippen molar-refractivity contribution in [1.82, 2.24) is 9.97 Å². The van der Waals surface area contributed by atoms with Gasteiger partial charge in [-0.3, -0.25) is 9.97 Å². The standard InChI is InChI=1S/C13H11N3O/c1-2-11(9-15-5-1)13-8-12(16-17-13)10-3-6-14-7-4-10/h1-7,9,13H,8H2. The van der Waals surface area contributed by atoms with Gasteiger partial charge in [0.2, 0.25) is 0 Å². The fourth-order valence-corrected chi connectivity index (χ4v) is 1.84. The van der Waals surface area contributed by atoms with Crippen LogP contribution >= 0.6 is 0 Å². The summed E-state index contributed by atoms with van der Waals surface area (Å²) in [6.45, 7) is 0. The number of oxime groups is 1. The molecule has 0 aromatic carbocycles. The van der Waals surface area contributed by atoms with E-state index in [4.69, 9.17) is 4.84 Å². The second kappa shape index (κ2) is 4.33. The summed E-state index contributed by atoms with van der Waals surface area (Å²) in [5.41, 5.74) is 3.08. The minimum absolute atomic E-state index is 0.0214. The van der Waals surface area contributed by atoms with E-state index in [1.54, 1.807) is 18.6 Å². The molecule has 2 aromatic rings. The molecule has 0 amide bonds. The molecular weight excluding hydrogens is 214 g/mol. The van der Waals surface area contributed by atoms with Gasteiger partial charge in [0.15, 0.2) is 6.10 Å². The fraction of sp³-hybridized carbons (Fsp3) is 0.154. The minimum atomic E-state index is -0.0214. The summed E-state index contributed by atoms with van der Waals surface area (Å²) in [6, 6.07) is 7.79. The van der Waals surface area contributed by atoms with Gasteiger partial charge < -0.3 is 4.84 Å². The average Bonchev–Trinajstić information content (AvgIpc) is 2.90. The maximum atomic E-state index is 5.43. The van der Waals surface area contributed by atoms with Gasteiger partial charge in [-0.05, 0) is 18.2 Å². The molecular formula is C13H11N3O. The quantitative estimate of drug-likeness (QED) is 0.788. The van der Waals surface area contributed by atoms with Gasteiger partial charge in [0, 0.05) is 42.3 Å². The molecule has 1 atom stereocenters. The van der Waals surface area contributed by atoms with Crippen molar-refractivity contribution >= 4 is 5.71 Å². The van der Waals surface area contributed by atoms with Crippen LogP contribution in [-0.2, 0) is 4.84 Å².